The zero-order valence-electron chi connectivity index (χ0n) is 11.5. The van der Waals surface area contributed by atoms with Crippen molar-refractivity contribution in [1.82, 2.24) is 19.2 Å². The van der Waals surface area contributed by atoms with Crippen molar-refractivity contribution in [3.05, 3.63) is 18.2 Å². The van der Waals surface area contributed by atoms with E-state index in [4.69, 9.17) is 0 Å². The first-order chi connectivity index (χ1) is 9.03. The Morgan fingerprint density at radius 3 is 2.63 bits per heavy atom. The first-order valence-electron chi connectivity index (χ1n) is 6.70. The van der Waals surface area contributed by atoms with Crippen LogP contribution in [0.4, 0.5) is 0 Å². The fraction of sp³-hybridized carbons (Fsp3) is 0.750. The van der Waals surface area contributed by atoms with Gasteiger partial charge in [0.15, 0.2) is 0 Å². The summed E-state index contributed by atoms with van der Waals surface area (Å²) < 4.78 is 27.1. The van der Waals surface area contributed by atoms with Crippen LogP contribution in [0.2, 0.25) is 0 Å². The van der Waals surface area contributed by atoms with E-state index in [2.05, 4.69) is 10.3 Å². The molecule has 1 saturated heterocycles. The summed E-state index contributed by atoms with van der Waals surface area (Å²) in [6, 6.07) is 0.375. The average molecular weight is 286 g/mol. The van der Waals surface area contributed by atoms with Crippen molar-refractivity contribution in [2.45, 2.75) is 32.4 Å². The Balaban J connectivity index is 1.80. The first kappa shape index (κ1) is 14.5. The second-order valence-electron chi connectivity index (χ2n) is 4.91. The molecule has 1 aromatic rings. The number of rotatable bonds is 5. The molecular formula is C12H22N4O2S. The average Bonchev–Trinajstić information content (AvgIpc) is 2.82. The monoisotopic (exact) mass is 286 g/mol. The molecule has 0 atom stereocenters. The zero-order valence-corrected chi connectivity index (χ0v) is 12.4. The van der Waals surface area contributed by atoms with Crippen molar-refractivity contribution in [3.63, 3.8) is 0 Å². The lowest BCUT2D eigenvalue weighted by molar-refractivity contribution is 0.287. The molecule has 1 aromatic heterocycles. The minimum absolute atomic E-state index is 0.193. The van der Waals surface area contributed by atoms with Gasteiger partial charge in [-0.25, -0.2) is 17.7 Å². The van der Waals surface area contributed by atoms with Gasteiger partial charge in [0.2, 0.25) is 10.0 Å². The van der Waals surface area contributed by atoms with Gasteiger partial charge >= 0.3 is 0 Å². The fourth-order valence-corrected chi connectivity index (χ4v) is 3.46. The third-order valence-electron chi connectivity index (χ3n) is 3.68. The number of aromatic nitrogens is 2. The molecular weight excluding hydrogens is 264 g/mol. The van der Waals surface area contributed by atoms with Gasteiger partial charge in [-0.2, -0.15) is 0 Å². The van der Waals surface area contributed by atoms with Crippen LogP contribution in [0.3, 0.4) is 0 Å². The summed E-state index contributed by atoms with van der Waals surface area (Å²) in [7, 11) is -1.05. The Labute approximate surface area is 114 Å². The lowest BCUT2D eigenvalue weighted by atomic mass is 10.1. The van der Waals surface area contributed by atoms with E-state index in [0.29, 0.717) is 19.1 Å². The van der Waals surface area contributed by atoms with Crippen LogP contribution in [0.15, 0.2) is 12.4 Å². The topological polar surface area (TPSA) is 67.2 Å². The highest BCUT2D eigenvalue weighted by molar-refractivity contribution is 7.89. The van der Waals surface area contributed by atoms with Crippen molar-refractivity contribution in [3.8, 4) is 0 Å². The molecule has 0 unspecified atom stereocenters. The second kappa shape index (κ2) is 6.02. The van der Waals surface area contributed by atoms with Gasteiger partial charge in [-0.15, -0.1) is 0 Å². The molecule has 0 aromatic carbocycles. The number of hydrogen-bond acceptors (Lipinski definition) is 4. The number of hydrogen-bond donors (Lipinski definition) is 1. The van der Waals surface area contributed by atoms with Crippen molar-refractivity contribution < 1.29 is 8.42 Å². The van der Waals surface area contributed by atoms with E-state index in [-0.39, 0.29) is 5.75 Å². The predicted octanol–water partition coefficient (Wildman–Crippen LogP) is 0.324. The molecule has 19 heavy (non-hydrogen) atoms. The second-order valence-corrected chi connectivity index (χ2v) is 7.17. The molecule has 0 spiro atoms. The highest BCUT2D eigenvalue weighted by Crippen LogP contribution is 2.14. The van der Waals surface area contributed by atoms with Crippen LogP contribution in [0.5, 0.6) is 0 Å². The third kappa shape index (κ3) is 3.55. The SMILES string of the molecule is CCS(=O)(=O)N1CCC(NCc2nccn2C)CC1. The van der Waals surface area contributed by atoms with Crippen LogP contribution in [0.1, 0.15) is 25.6 Å². The smallest absolute Gasteiger partial charge is 0.213 e. The number of sulfonamides is 1. The predicted molar refractivity (Wildman–Crippen MR) is 74.1 cm³/mol. The van der Waals surface area contributed by atoms with Crippen LogP contribution in [-0.2, 0) is 23.6 Å². The maximum Gasteiger partial charge on any atom is 0.213 e. The summed E-state index contributed by atoms with van der Waals surface area (Å²) in [5.41, 5.74) is 0. The Morgan fingerprint density at radius 1 is 1.42 bits per heavy atom. The van der Waals surface area contributed by atoms with E-state index in [1.165, 1.54) is 0 Å². The highest BCUT2D eigenvalue weighted by atomic mass is 32.2. The normalized spacial score (nSPS) is 18.8. The van der Waals surface area contributed by atoms with Crippen LogP contribution in [-0.4, -0.2) is 47.2 Å². The molecule has 0 amide bonds. The first-order valence-corrected chi connectivity index (χ1v) is 8.31. The molecule has 108 valence electrons. The van der Waals surface area contributed by atoms with Gasteiger partial charge in [0.1, 0.15) is 5.82 Å². The highest BCUT2D eigenvalue weighted by Gasteiger charge is 2.26. The molecule has 6 nitrogen and oxygen atoms in total. The maximum absolute atomic E-state index is 11.7. The van der Waals surface area contributed by atoms with Gasteiger partial charge in [0.25, 0.3) is 0 Å². The Morgan fingerprint density at radius 2 is 2.11 bits per heavy atom. The molecule has 0 bridgehead atoms. The van der Waals surface area contributed by atoms with Gasteiger partial charge in [-0.1, -0.05) is 0 Å². The molecule has 1 aliphatic rings. The Hall–Kier alpha value is -0.920. The van der Waals surface area contributed by atoms with E-state index in [0.717, 1.165) is 25.2 Å². The zero-order chi connectivity index (χ0) is 13.9. The summed E-state index contributed by atoms with van der Waals surface area (Å²) in [4.78, 5) is 4.26. The number of aryl methyl sites for hydroxylation is 1. The van der Waals surface area contributed by atoms with Crippen LogP contribution in [0, 0.1) is 0 Å². The maximum atomic E-state index is 11.7. The standard InChI is InChI=1S/C12H22N4O2S/c1-3-19(17,18)16-7-4-11(5-8-16)14-10-12-13-6-9-15(12)2/h6,9,11,14H,3-5,7-8,10H2,1-2H3. The minimum Gasteiger partial charge on any atom is -0.337 e. The van der Waals surface area contributed by atoms with Gasteiger partial charge in [-0.05, 0) is 19.8 Å². The third-order valence-corrected chi connectivity index (χ3v) is 5.56. The lowest BCUT2D eigenvalue weighted by Crippen LogP contribution is -2.45. The van der Waals surface area contributed by atoms with Gasteiger partial charge in [0, 0.05) is 38.6 Å². The van der Waals surface area contributed by atoms with Crippen molar-refractivity contribution in [1.29, 1.82) is 0 Å². The molecule has 2 heterocycles. The van der Waals surface area contributed by atoms with Gasteiger partial charge in [0.05, 0.1) is 12.3 Å². The van der Waals surface area contributed by atoms with Gasteiger partial charge < -0.3 is 9.88 Å². The summed E-state index contributed by atoms with van der Waals surface area (Å²) in [5, 5.41) is 3.45. The van der Waals surface area contributed by atoms with Gasteiger partial charge in [-0.3, -0.25) is 0 Å². The van der Waals surface area contributed by atoms with Crippen molar-refractivity contribution in [2.24, 2.45) is 7.05 Å². The van der Waals surface area contributed by atoms with Crippen LogP contribution >= 0.6 is 0 Å². The minimum atomic E-state index is -3.02. The summed E-state index contributed by atoms with van der Waals surface area (Å²) in [6.45, 7) is 3.66. The van der Waals surface area contributed by atoms with E-state index < -0.39 is 10.0 Å². The Kier molecular flexibility index (Phi) is 4.59. The molecule has 2 rings (SSSR count). The Bertz CT molecular complexity index is 504. The van der Waals surface area contributed by atoms with E-state index in [1.54, 1.807) is 17.4 Å². The largest absolute Gasteiger partial charge is 0.337 e. The van der Waals surface area contributed by atoms with Crippen molar-refractivity contribution in [2.75, 3.05) is 18.8 Å². The van der Waals surface area contributed by atoms with E-state index >= 15 is 0 Å². The summed E-state index contributed by atoms with van der Waals surface area (Å²) >= 11 is 0. The van der Waals surface area contributed by atoms with E-state index in [9.17, 15) is 8.42 Å². The summed E-state index contributed by atoms with van der Waals surface area (Å²) in [6.07, 6.45) is 5.44. The van der Waals surface area contributed by atoms with Crippen molar-refractivity contribution >= 4 is 10.0 Å². The molecule has 7 heteroatoms. The van der Waals surface area contributed by atoms with Crippen LogP contribution in [0.25, 0.3) is 0 Å². The lowest BCUT2D eigenvalue weighted by Gasteiger charge is -2.31. The number of nitrogens with one attached hydrogen (secondary N) is 1. The number of piperidine rings is 1. The van der Waals surface area contributed by atoms with E-state index in [1.807, 2.05) is 17.8 Å². The molecule has 0 aliphatic carbocycles. The number of nitrogens with zero attached hydrogens (tertiary/aromatic N) is 3. The molecule has 0 saturated carbocycles. The number of imidazole rings is 1. The fourth-order valence-electron chi connectivity index (χ4n) is 2.32. The molecule has 0 radical (unpaired) electrons. The van der Waals surface area contributed by atoms with Crippen LogP contribution < -0.4 is 5.32 Å². The molecule has 1 N–H and O–H groups in total. The summed E-state index contributed by atoms with van der Waals surface area (Å²) in [5.74, 6) is 1.20. The molecule has 1 aliphatic heterocycles. The quantitative estimate of drug-likeness (QED) is 0.847. The molecule has 1 fully saturated rings.